The number of rotatable bonds is 2. The van der Waals surface area contributed by atoms with E-state index in [0.717, 1.165) is 0 Å². The molecule has 2 N–H and O–H groups in total. The Morgan fingerprint density at radius 1 is 1.41 bits per heavy atom. The number of halogens is 2. The summed E-state index contributed by atoms with van der Waals surface area (Å²) < 4.78 is 25.4. The molecule has 17 heavy (non-hydrogen) atoms. The summed E-state index contributed by atoms with van der Waals surface area (Å²) >= 11 is 3.18. The summed E-state index contributed by atoms with van der Waals surface area (Å²) in [6.45, 7) is 4.62. The summed E-state index contributed by atoms with van der Waals surface area (Å²) in [6.07, 6.45) is 0.393. The van der Waals surface area contributed by atoms with Gasteiger partial charge in [-0.2, -0.15) is 0 Å². The van der Waals surface area contributed by atoms with E-state index < -0.39 is 5.54 Å². The van der Waals surface area contributed by atoms with Gasteiger partial charge >= 0.3 is 0 Å². The molecule has 1 heterocycles. The lowest BCUT2D eigenvalue weighted by Crippen LogP contribution is -2.35. The molecule has 2 rings (SSSR count). The Kier molecular flexibility index (Phi) is 3.32. The number of hydrogen-bond donors (Lipinski definition) is 1. The van der Waals surface area contributed by atoms with E-state index in [4.69, 9.17) is 15.2 Å². The molecule has 3 nitrogen and oxygen atoms in total. The van der Waals surface area contributed by atoms with Crippen LogP contribution in [-0.2, 0) is 6.42 Å². The SMILES string of the molecule is CC(C)(N)Cc1c(F)c(Br)cc2c1OCCO2. The van der Waals surface area contributed by atoms with Gasteiger partial charge in [-0.15, -0.1) is 0 Å². The third kappa shape index (κ3) is 2.72. The molecule has 0 spiro atoms. The van der Waals surface area contributed by atoms with E-state index in [-0.39, 0.29) is 5.82 Å². The number of nitrogens with two attached hydrogens (primary N) is 1. The van der Waals surface area contributed by atoms with Crippen LogP contribution in [0.3, 0.4) is 0 Å². The van der Waals surface area contributed by atoms with Crippen LogP contribution in [0.2, 0.25) is 0 Å². The Labute approximate surface area is 108 Å². The molecular formula is C12H15BrFNO2. The molecule has 1 aliphatic rings. The van der Waals surface area contributed by atoms with Crippen molar-refractivity contribution in [3.8, 4) is 11.5 Å². The molecule has 0 unspecified atom stereocenters. The summed E-state index contributed by atoms with van der Waals surface area (Å²) in [5, 5.41) is 0. The minimum absolute atomic E-state index is 0.326. The van der Waals surface area contributed by atoms with Crippen molar-refractivity contribution in [1.29, 1.82) is 0 Å². The third-order valence-corrected chi connectivity index (χ3v) is 3.03. The smallest absolute Gasteiger partial charge is 0.167 e. The first kappa shape index (κ1) is 12.6. The van der Waals surface area contributed by atoms with E-state index in [1.807, 2.05) is 13.8 Å². The fourth-order valence-corrected chi connectivity index (χ4v) is 2.26. The highest BCUT2D eigenvalue weighted by Crippen LogP contribution is 2.40. The van der Waals surface area contributed by atoms with Crippen molar-refractivity contribution in [1.82, 2.24) is 0 Å². The lowest BCUT2D eigenvalue weighted by atomic mass is 9.95. The van der Waals surface area contributed by atoms with Crippen LogP contribution in [0.5, 0.6) is 11.5 Å². The highest BCUT2D eigenvalue weighted by atomic mass is 79.9. The molecule has 0 fully saturated rings. The van der Waals surface area contributed by atoms with Crippen LogP contribution in [0, 0.1) is 5.82 Å². The normalized spacial score (nSPS) is 14.9. The molecule has 0 atom stereocenters. The molecule has 0 bridgehead atoms. The van der Waals surface area contributed by atoms with Crippen LogP contribution in [0.4, 0.5) is 4.39 Å². The highest BCUT2D eigenvalue weighted by molar-refractivity contribution is 9.10. The maximum Gasteiger partial charge on any atom is 0.167 e. The maximum atomic E-state index is 14.1. The van der Waals surface area contributed by atoms with Crippen molar-refractivity contribution in [3.63, 3.8) is 0 Å². The standard InChI is InChI=1S/C12H15BrFNO2/c1-12(2,15)6-7-10(14)8(13)5-9-11(7)17-4-3-16-9/h5H,3-4,6,15H2,1-2H3. The first-order valence-electron chi connectivity index (χ1n) is 5.44. The van der Waals surface area contributed by atoms with Crippen LogP contribution < -0.4 is 15.2 Å². The minimum atomic E-state index is -0.504. The minimum Gasteiger partial charge on any atom is -0.486 e. The van der Waals surface area contributed by atoms with Crippen molar-refractivity contribution >= 4 is 15.9 Å². The average Bonchev–Trinajstić information content (AvgIpc) is 2.23. The first-order chi connectivity index (χ1) is 7.88. The van der Waals surface area contributed by atoms with Crippen molar-refractivity contribution in [2.24, 2.45) is 5.73 Å². The van der Waals surface area contributed by atoms with Crippen LogP contribution in [0.15, 0.2) is 10.5 Å². The van der Waals surface area contributed by atoms with Gasteiger partial charge in [0.25, 0.3) is 0 Å². The van der Waals surface area contributed by atoms with Gasteiger partial charge in [0.2, 0.25) is 0 Å². The van der Waals surface area contributed by atoms with Crippen molar-refractivity contribution < 1.29 is 13.9 Å². The fraction of sp³-hybridized carbons (Fsp3) is 0.500. The molecular weight excluding hydrogens is 289 g/mol. The number of hydrogen-bond acceptors (Lipinski definition) is 3. The van der Waals surface area contributed by atoms with E-state index in [1.54, 1.807) is 6.07 Å². The van der Waals surface area contributed by atoms with Gasteiger partial charge in [-0.05, 0) is 36.2 Å². The van der Waals surface area contributed by atoms with Gasteiger partial charge in [0, 0.05) is 17.2 Å². The summed E-state index contributed by atoms with van der Waals surface area (Å²) in [5.41, 5.74) is 5.91. The van der Waals surface area contributed by atoms with Gasteiger partial charge in [0.15, 0.2) is 11.5 Å². The lowest BCUT2D eigenvalue weighted by molar-refractivity contribution is 0.168. The van der Waals surface area contributed by atoms with E-state index in [1.165, 1.54) is 0 Å². The van der Waals surface area contributed by atoms with Crippen molar-refractivity contribution in [2.45, 2.75) is 25.8 Å². The summed E-state index contributed by atoms with van der Waals surface area (Å²) in [4.78, 5) is 0. The van der Waals surface area contributed by atoms with Crippen LogP contribution in [0.25, 0.3) is 0 Å². The molecule has 0 radical (unpaired) electrons. The highest BCUT2D eigenvalue weighted by Gasteiger charge is 2.26. The van der Waals surface area contributed by atoms with E-state index >= 15 is 0 Å². The molecule has 94 valence electrons. The zero-order chi connectivity index (χ0) is 12.6. The van der Waals surface area contributed by atoms with Gasteiger partial charge in [0.05, 0.1) is 4.47 Å². The summed E-state index contributed by atoms with van der Waals surface area (Å²) in [7, 11) is 0. The third-order valence-electron chi connectivity index (χ3n) is 2.45. The Morgan fingerprint density at radius 3 is 2.71 bits per heavy atom. The Balaban J connectivity index is 2.51. The van der Waals surface area contributed by atoms with Crippen LogP contribution in [-0.4, -0.2) is 18.8 Å². The van der Waals surface area contributed by atoms with Gasteiger partial charge in [-0.25, -0.2) is 4.39 Å². The largest absolute Gasteiger partial charge is 0.486 e. The van der Waals surface area contributed by atoms with Crippen molar-refractivity contribution in [2.75, 3.05) is 13.2 Å². The molecule has 5 heteroatoms. The predicted octanol–water partition coefficient (Wildman–Crippen LogP) is 2.64. The topological polar surface area (TPSA) is 44.5 Å². The van der Waals surface area contributed by atoms with Crippen LogP contribution in [0.1, 0.15) is 19.4 Å². The number of benzene rings is 1. The molecule has 1 aromatic rings. The molecule has 0 amide bonds. The maximum absolute atomic E-state index is 14.1. The monoisotopic (exact) mass is 303 g/mol. The van der Waals surface area contributed by atoms with Gasteiger partial charge in [-0.3, -0.25) is 0 Å². The molecule has 0 saturated carbocycles. The fourth-order valence-electron chi connectivity index (χ4n) is 1.81. The Bertz CT molecular complexity index is 443. The average molecular weight is 304 g/mol. The predicted molar refractivity (Wildman–Crippen MR) is 67.1 cm³/mol. The lowest BCUT2D eigenvalue weighted by Gasteiger charge is -2.25. The van der Waals surface area contributed by atoms with E-state index in [9.17, 15) is 4.39 Å². The van der Waals surface area contributed by atoms with Gasteiger partial charge in [-0.1, -0.05) is 0 Å². The molecule has 1 aromatic carbocycles. The molecule has 0 aromatic heterocycles. The van der Waals surface area contributed by atoms with Gasteiger partial charge in [0.1, 0.15) is 19.0 Å². The van der Waals surface area contributed by atoms with Crippen LogP contribution >= 0.6 is 15.9 Å². The quantitative estimate of drug-likeness (QED) is 0.913. The second kappa shape index (κ2) is 4.46. The van der Waals surface area contributed by atoms with E-state index in [2.05, 4.69) is 15.9 Å². The zero-order valence-electron chi connectivity index (χ0n) is 9.85. The summed E-state index contributed by atoms with van der Waals surface area (Å²) in [5.74, 6) is 0.729. The molecule has 0 aliphatic carbocycles. The van der Waals surface area contributed by atoms with Gasteiger partial charge < -0.3 is 15.2 Å². The number of ether oxygens (including phenoxy) is 2. The summed E-state index contributed by atoms with van der Waals surface area (Å²) in [6, 6.07) is 1.59. The second-order valence-electron chi connectivity index (χ2n) is 4.84. The second-order valence-corrected chi connectivity index (χ2v) is 5.69. The Hall–Kier alpha value is -0.810. The van der Waals surface area contributed by atoms with E-state index in [0.29, 0.717) is 41.2 Å². The zero-order valence-corrected chi connectivity index (χ0v) is 11.4. The molecule has 0 saturated heterocycles. The first-order valence-corrected chi connectivity index (χ1v) is 6.23. The molecule has 1 aliphatic heterocycles. The Morgan fingerprint density at radius 2 is 2.06 bits per heavy atom. The van der Waals surface area contributed by atoms with Crippen molar-refractivity contribution in [3.05, 3.63) is 21.9 Å². The number of fused-ring (bicyclic) bond motifs is 1.